The van der Waals surface area contributed by atoms with Crippen LogP contribution in [0.4, 0.5) is 5.00 Å². The Kier molecular flexibility index (Phi) is 6.28. The highest BCUT2D eigenvalue weighted by Crippen LogP contribution is 2.39. The SMILES string of the molecule is CCOC(=O)c1c(NC(=O)CCCOc2ccccc2)sc2c1CCC2. The maximum atomic E-state index is 12.3. The van der Waals surface area contributed by atoms with Gasteiger partial charge in [0.25, 0.3) is 0 Å². The van der Waals surface area contributed by atoms with Crippen molar-refractivity contribution in [3.63, 3.8) is 0 Å². The van der Waals surface area contributed by atoms with E-state index in [0.29, 0.717) is 36.6 Å². The van der Waals surface area contributed by atoms with Crippen LogP contribution in [0, 0.1) is 0 Å². The van der Waals surface area contributed by atoms with Gasteiger partial charge in [0.15, 0.2) is 0 Å². The highest BCUT2D eigenvalue weighted by molar-refractivity contribution is 7.17. The molecule has 138 valence electrons. The van der Waals surface area contributed by atoms with Gasteiger partial charge in [0.2, 0.25) is 5.91 Å². The first-order chi connectivity index (χ1) is 12.7. The number of ether oxygens (including phenoxy) is 2. The molecule has 1 aliphatic rings. The first-order valence-corrected chi connectivity index (χ1v) is 9.80. The minimum atomic E-state index is -0.338. The van der Waals surface area contributed by atoms with Gasteiger partial charge in [0, 0.05) is 11.3 Å². The van der Waals surface area contributed by atoms with E-state index in [4.69, 9.17) is 9.47 Å². The van der Waals surface area contributed by atoms with E-state index in [0.717, 1.165) is 30.6 Å². The fourth-order valence-electron chi connectivity index (χ4n) is 3.04. The molecular formula is C20H23NO4S. The van der Waals surface area contributed by atoms with Crippen molar-refractivity contribution in [2.75, 3.05) is 18.5 Å². The number of amides is 1. The van der Waals surface area contributed by atoms with Gasteiger partial charge in [-0.15, -0.1) is 11.3 Å². The van der Waals surface area contributed by atoms with Crippen LogP contribution in [0.25, 0.3) is 0 Å². The van der Waals surface area contributed by atoms with Crippen molar-refractivity contribution in [1.82, 2.24) is 0 Å². The standard InChI is InChI=1S/C20H23NO4S/c1-2-24-20(23)18-15-10-6-11-16(15)26-19(18)21-17(22)12-7-13-25-14-8-4-3-5-9-14/h3-5,8-9H,2,6-7,10-13H2,1H3,(H,21,22). The Morgan fingerprint density at radius 3 is 2.77 bits per heavy atom. The largest absolute Gasteiger partial charge is 0.494 e. The normalized spacial score (nSPS) is 12.5. The molecule has 0 atom stereocenters. The molecule has 1 amide bonds. The lowest BCUT2D eigenvalue weighted by molar-refractivity contribution is -0.116. The summed E-state index contributed by atoms with van der Waals surface area (Å²) in [6.07, 6.45) is 3.85. The third-order valence-electron chi connectivity index (χ3n) is 4.21. The van der Waals surface area contributed by atoms with Crippen LogP contribution in [0.1, 0.15) is 47.0 Å². The molecule has 1 aromatic heterocycles. The van der Waals surface area contributed by atoms with Gasteiger partial charge in [-0.2, -0.15) is 0 Å². The molecule has 3 rings (SSSR count). The van der Waals surface area contributed by atoms with Gasteiger partial charge in [0.1, 0.15) is 10.8 Å². The lowest BCUT2D eigenvalue weighted by Gasteiger charge is -2.08. The number of carbonyl (C=O) groups excluding carboxylic acids is 2. The minimum Gasteiger partial charge on any atom is -0.494 e. The van der Waals surface area contributed by atoms with Crippen LogP contribution in [0.2, 0.25) is 0 Å². The molecule has 1 N–H and O–H groups in total. The van der Waals surface area contributed by atoms with Crippen LogP contribution >= 0.6 is 11.3 Å². The van der Waals surface area contributed by atoms with E-state index in [1.54, 1.807) is 6.92 Å². The van der Waals surface area contributed by atoms with Gasteiger partial charge in [-0.1, -0.05) is 18.2 Å². The zero-order valence-electron chi connectivity index (χ0n) is 14.9. The predicted molar refractivity (Wildman–Crippen MR) is 102 cm³/mol. The van der Waals surface area contributed by atoms with Gasteiger partial charge in [-0.3, -0.25) is 4.79 Å². The van der Waals surface area contributed by atoms with Gasteiger partial charge in [-0.25, -0.2) is 4.79 Å². The molecule has 0 spiro atoms. The lowest BCUT2D eigenvalue weighted by atomic mass is 10.1. The van der Waals surface area contributed by atoms with E-state index in [2.05, 4.69) is 5.32 Å². The predicted octanol–water partition coefficient (Wildman–Crippen LogP) is 4.21. The Balaban J connectivity index is 1.55. The molecule has 0 saturated heterocycles. The van der Waals surface area contributed by atoms with Crippen LogP contribution in [-0.2, 0) is 22.4 Å². The van der Waals surface area contributed by atoms with Gasteiger partial charge in [0.05, 0.1) is 18.8 Å². The Morgan fingerprint density at radius 2 is 2.00 bits per heavy atom. The van der Waals surface area contributed by atoms with Crippen LogP contribution in [0.5, 0.6) is 5.75 Å². The molecule has 1 aromatic carbocycles. The molecule has 0 unspecified atom stereocenters. The summed E-state index contributed by atoms with van der Waals surface area (Å²) >= 11 is 1.50. The first kappa shape index (κ1) is 18.5. The summed E-state index contributed by atoms with van der Waals surface area (Å²) < 4.78 is 10.8. The average molecular weight is 373 g/mol. The number of para-hydroxylation sites is 1. The second-order valence-electron chi connectivity index (χ2n) is 6.10. The fourth-order valence-corrected chi connectivity index (χ4v) is 4.33. The van der Waals surface area contributed by atoms with Gasteiger partial charge >= 0.3 is 5.97 Å². The number of fused-ring (bicyclic) bond motifs is 1. The number of hydrogen-bond acceptors (Lipinski definition) is 5. The van der Waals surface area contributed by atoms with Crippen molar-refractivity contribution in [2.45, 2.75) is 39.0 Å². The second-order valence-corrected chi connectivity index (χ2v) is 7.20. The zero-order chi connectivity index (χ0) is 18.4. The molecule has 0 bridgehead atoms. The number of thiophene rings is 1. The number of nitrogens with one attached hydrogen (secondary N) is 1. The van der Waals surface area contributed by atoms with Crippen LogP contribution in [-0.4, -0.2) is 25.1 Å². The van der Waals surface area contributed by atoms with E-state index >= 15 is 0 Å². The molecular weight excluding hydrogens is 350 g/mol. The number of rotatable bonds is 8. The quantitative estimate of drug-likeness (QED) is 0.556. The average Bonchev–Trinajstić information content (AvgIpc) is 3.20. The Bertz CT molecular complexity index is 770. The third-order valence-corrected chi connectivity index (χ3v) is 5.42. The van der Waals surface area contributed by atoms with Crippen LogP contribution < -0.4 is 10.1 Å². The molecule has 1 heterocycles. The topological polar surface area (TPSA) is 64.6 Å². The number of hydrogen-bond donors (Lipinski definition) is 1. The molecule has 1 aliphatic carbocycles. The molecule has 0 aliphatic heterocycles. The van der Waals surface area contributed by atoms with Crippen molar-refractivity contribution in [3.05, 3.63) is 46.3 Å². The molecule has 6 heteroatoms. The molecule has 0 radical (unpaired) electrons. The monoisotopic (exact) mass is 373 g/mol. The Labute approximate surface area is 157 Å². The van der Waals surface area contributed by atoms with Crippen LogP contribution in [0.15, 0.2) is 30.3 Å². The number of esters is 1. The maximum absolute atomic E-state index is 12.3. The van der Waals surface area contributed by atoms with E-state index in [-0.39, 0.29) is 11.9 Å². The number of anilines is 1. The van der Waals surface area contributed by atoms with Crippen molar-refractivity contribution in [1.29, 1.82) is 0 Å². The lowest BCUT2D eigenvalue weighted by Crippen LogP contribution is -2.15. The van der Waals surface area contributed by atoms with E-state index in [1.807, 2.05) is 30.3 Å². The summed E-state index contributed by atoms with van der Waals surface area (Å²) in [4.78, 5) is 25.8. The summed E-state index contributed by atoms with van der Waals surface area (Å²) in [6, 6.07) is 9.53. The maximum Gasteiger partial charge on any atom is 0.341 e. The first-order valence-electron chi connectivity index (χ1n) is 8.98. The second kappa shape index (κ2) is 8.85. The number of carbonyl (C=O) groups is 2. The molecule has 5 nitrogen and oxygen atoms in total. The number of benzene rings is 1. The summed E-state index contributed by atoms with van der Waals surface area (Å²) in [6.45, 7) is 2.59. The summed E-state index contributed by atoms with van der Waals surface area (Å²) in [5, 5.41) is 3.53. The van der Waals surface area contributed by atoms with Gasteiger partial charge in [-0.05, 0) is 50.3 Å². The third kappa shape index (κ3) is 4.43. The van der Waals surface area contributed by atoms with Crippen molar-refractivity contribution in [2.24, 2.45) is 0 Å². The summed E-state index contributed by atoms with van der Waals surface area (Å²) in [7, 11) is 0. The minimum absolute atomic E-state index is 0.105. The van der Waals surface area contributed by atoms with E-state index in [1.165, 1.54) is 16.2 Å². The highest BCUT2D eigenvalue weighted by atomic mass is 32.1. The van der Waals surface area contributed by atoms with E-state index in [9.17, 15) is 9.59 Å². The van der Waals surface area contributed by atoms with Crippen LogP contribution in [0.3, 0.4) is 0 Å². The zero-order valence-corrected chi connectivity index (χ0v) is 15.7. The summed E-state index contributed by atoms with van der Waals surface area (Å²) in [5.74, 6) is 0.355. The van der Waals surface area contributed by atoms with Gasteiger partial charge < -0.3 is 14.8 Å². The smallest absolute Gasteiger partial charge is 0.341 e. The Hall–Kier alpha value is -2.34. The molecule has 0 saturated carbocycles. The number of aryl methyl sites for hydroxylation is 1. The molecule has 0 fully saturated rings. The van der Waals surface area contributed by atoms with Crippen molar-refractivity contribution < 1.29 is 19.1 Å². The molecule has 26 heavy (non-hydrogen) atoms. The Morgan fingerprint density at radius 1 is 1.19 bits per heavy atom. The highest BCUT2D eigenvalue weighted by Gasteiger charge is 2.28. The van der Waals surface area contributed by atoms with Crippen molar-refractivity contribution >= 4 is 28.2 Å². The van der Waals surface area contributed by atoms with E-state index < -0.39 is 0 Å². The van der Waals surface area contributed by atoms with Crippen molar-refractivity contribution in [3.8, 4) is 5.75 Å². The molecule has 2 aromatic rings. The summed E-state index contributed by atoms with van der Waals surface area (Å²) in [5.41, 5.74) is 1.61. The fraction of sp³-hybridized carbons (Fsp3) is 0.400.